The van der Waals surface area contributed by atoms with Crippen LogP contribution in [0.5, 0.6) is 0 Å². The first-order chi connectivity index (χ1) is 11.5. The number of hydrogen-bond donors (Lipinski definition) is 1. The van der Waals surface area contributed by atoms with Crippen molar-refractivity contribution >= 4 is 24.1 Å². The Morgan fingerprint density at radius 3 is 2.56 bits per heavy atom. The van der Waals surface area contributed by atoms with E-state index in [2.05, 4.69) is 10.3 Å². The van der Waals surface area contributed by atoms with E-state index in [9.17, 15) is 13.2 Å². The van der Waals surface area contributed by atoms with Gasteiger partial charge in [-0.05, 0) is 23.8 Å². The van der Waals surface area contributed by atoms with Gasteiger partial charge < -0.3 is 5.32 Å². The third kappa shape index (κ3) is 5.11. The zero-order valence-corrected chi connectivity index (χ0v) is 14.0. The summed E-state index contributed by atoms with van der Waals surface area (Å²) in [6.45, 7) is 1.56. The van der Waals surface area contributed by atoms with E-state index in [4.69, 9.17) is 4.84 Å². The molecule has 1 aliphatic heterocycles. The molecule has 0 aromatic heterocycles. The molecule has 3 rings (SSSR count). The zero-order valence-electron chi connectivity index (χ0n) is 13.2. The van der Waals surface area contributed by atoms with Crippen molar-refractivity contribution in [1.82, 2.24) is 10.4 Å². The first kappa shape index (κ1) is 19.1. The number of rotatable bonds is 4. The van der Waals surface area contributed by atoms with E-state index in [-0.39, 0.29) is 18.1 Å². The summed E-state index contributed by atoms with van der Waals surface area (Å²) in [4.78, 5) is 9.92. The van der Waals surface area contributed by atoms with Gasteiger partial charge in [-0.15, -0.1) is 12.4 Å². The molecule has 25 heavy (non-hydrogen) atoms. The van der Waals surface area contributed by atoms with Crippen LogP contribution in [0.15, 0.2) is 59.6 Å². The Bertz CT molecular complexity index is 723. The van der Waals surface area contributed by atoms with Crippen LogP contribution in [0.3, 0.4) is 0 Å². The van der Waals surface area contributed by atoms with Gasteiger partial charge in [-0.1, -0.05) is 36.4 Å². The fourth-order valence-electron chi connectivity index (χ4n) is 2.29. The number of benzene rings is 2. The Labute approximate surface area is 149 Å². The van der Waals surface area contributed by atoms with Crippen molar-refractivity contribution in [1.29, 1.82) is 0 Å². The van der Waals surface area contributed by atoms with Crippen molar-refractivity contribution in [3.63, 3.8) is 0 Å². The Morgan fingerprint density at radius 2 is 1.84 bits per heavy atom. The van der Waals surface area contributed by atoms with Gasteiger partial charge in [0, 0.05) is 6.54 Å². The van der Waals surface area contributed by atoms with Gasteiger partial charge in [0.25, 0.3) is 0 Å². The highest BCUT2D eigenvalue weighted by atomic mass is 35.5. The highest BCUT2D eigenvalue weighted by Gasteiger charge is 2.30. The highest BCUT2D eigenvalue weighted by molar-refractivity contribution is 5.85. The molecule has 134 valence electrons. The summed E-state index contributed by atoms with van der Waals surface area (Å²) in [7, 11) is 0. The first-order valence-electron chi connectivity index (χ1n) is 7.46. The van der Waals surface area contributed by atoms with Crippen LogP contribution >= 0.6 is 12.4 Å². The number of hydroxylamine groups is 2. The van der Waals surface area contributed by atoms with Crippen molar-refractivity contribution in [2.24, 2.45) is 4.99 Å². The zero-order chi connectivity index (χ0) is 17.0. The van der Waals surface area contributed by atoms with E-state index < -0.39 is 11.7 Å². The summed E-state index contributed by atoms with van der Waals surface area (Å²) in [5.74, 6) is 0.408. The normalized spacial score (nSPS) is 15.8. The molecule has 1 N–H and O–H groups in total. The molecule has 0 spiro atoms. The van der Waals surface area contributed by atoms with Crippen LogP contribution < -0.4 is 5.32 Å². The van der Waals surface area contributed by atoms with Gasteiger partial charge >= 0.3 is 6.18 Å². The van der Waals surface area contributed by atoms with Gasteiger partial charge in [0.05, 0.1) is 17.8 Å². The number of nitrogens with zero attached hydrogens (tertiary/aromatic N) is 2. The number of alkyl halides is 3. The molecule has 4 nitrogen and oxygen atoms in total. The fourth-order valence-corrected chi connectivity index (χ4v) is 2.29. The molecular weight excluding hydrogens is 355 g/mol. The third-order valence-corrected chi connectivity index (χ3v) is 3.47. The molecule has 0 amide bonds. The van der Waals surface area contributed by atoms with Crippen molar-refractivity contribution < 1.29 is 18.0 Å². The summed E-state index contributed by atoms with van der Waals surface area (Å²) in [5, 5.41) is 4.58. The smallest absolute Gasteiger partial charge is 0.352 e. The lowest BCUT2D eigenvalue weighted by molar-refractivity contribution is -0.137. The van der Waals surface area contributed by atoms with Gasteiger partial charge in [0.1, 0.15) is 6.61 Å². The summed E-state index contributed by atoms with van der Waals surface area (Å²) in [5.41, 5.74) is 0.504. The number of halogens is 4. The Hall–Kier alpha value is -2.25. The molecule has 0 radical (unpaired) electrons. The van der Waals surface area contributed by atoms with Crippen LogP contribution in [0, 0.1) is 0 Å². The molecule has 8 heteroatoms. The van der Waals surface area contributed by atoms with Gasteiger partial charge in [-0.3, -0.25) is 4.84 Å². The lowest BCUT2D eigenvalue weighted by Gasteiger charge is -2.17. The van der Waals surface area contributed by atoms with Gasteiger partial charge in [-0.2, -0.15) is 13.2 Å². The quantitative estimate of drug-likeness (QED) is 0.877. The van der Waals surface area contributed by atoms with Crippen molar-refractivity contribution in [3.8, 4) is 0 Å². The third-order valence-electron chi connectivity index (χ3n) is 3.47. The molecule has 1 saturated heterocycles. The molecule has 1 fully saturated rings. The summed E-state index contributed by atoms with van der Waals surface area (Å²) >= 11 is 0. The molecule has 1 aliphatic rings. The van der Waals surface area contributed by atoms with Crippen LogP contribution in [-0.2, 0) is 17.6 Å². The second kappa shape index (κ2) is 8.22. The van der Waals surface area contributed by atoms with Crippen LogP contribution in [0.4, 0.5) is 18.9 Å². The fraction of sp³-hybridized carbons (Fsp3) is 0.235. The first-order valence-corrected chi connectivity index (χ1v) is 7.46. The topological polar surface area (TPSA) is 36.9 Å². The molecule has 0 aliphatic carbocycles. The van der Waals surface area contributed by atoms with E-state index in [0.717, 1.165) is 17.7 Å². The Kier molecular flexibility index (Phi) is 6.27. The highest BCUT2D eigenvalue weighted by Crippen LogP contribution is 2.31. The maximum atomic E-state index is 12.8. The molecular formula is C17H17ClF3N3O. The van der Waals surface area contributed by atoms with Crippen LogP contribution in [0.2, 0.25) is 0 Å². The van der Waals surface area contributed by atoms with Gasteiger partial charge in [0.2, 0.25) is 5.96 Å². The van der Waals surface area contributed by atoms with Crippen LogP contribution in [-0.4, -0.2) is 24.1 Å². The minimum Gasteiger partial charge on any atom is -0.352 e. The molecule has 2 aromatic rings. The predicted molar refractivity (Wildman–Crippen MR) is 91.7 cm³/mol. The standard InChI is InChI=1S/C17H16F3N3O.ClH/c18-17(19,20)14-7-4-8-15(11-14)22-16-21-9-10-23(16)24-12-13-5-2-1-3-6-13;/h1-8,11H,9-10,12H2,(H,21,22);1H. The van der Waals surface area contributed by atoms with Gasteiger partial charge in [0.15, 0.2) is 0 Å². The van der Waals surface area contributed by atoms with E-state index in [1.807, 2.05) is 30.3 Å². The van der Waals surface area contributed by atoms with Crippen LogP contribution in [0.1, 0.15) is 11.1 Å². The molecule has 0 unspecified atom stereocenters. The summed E-state index contributed by atoms with van der Waals surface area (Å²) in [6.07, 6.45) is -4.39. The number of nitrogens with one attached hydrogen (secondary N) is 1. The number of aliphatic imine (C=N–C) groups is 1. The second-order valence-electron chi connectivity index (χ2n) is 5.27. The maximum absolute atomic E-state index is 12.8. The number of hydrogen-bond acceptors (Lipinski definition) is 2. The Balaban J connectivity index is 0.00000225. The minimum absolute atomic E-state index is 0. The van der Waals surface area contributed by atoms with E-state index in [1.54, 1.807) is 5.06 Å². The lowest BCUT2D eigenvalue weighted by atomic mass is 10.2. The monoisotopic (exact) mass is 371 g/mol. The van der Waals surface area contributed by atoms with Crippen molar-refractivity contribution in [3.05, 3.63) is 65.7 Å². The average molecular weight is 372 g/mol. The molecule has 0 atom stereocenters. The van der Waals surface area contributed by atoms with E-state index in [1.165, 1.54) is 12.1 Å². The summed E-state index contributed by atoms with van der Waals surface area (Å²) < 4.78 is 38.3. The summed E-state index contributed by atoms with van der Waals surface area (Å²) in [6, 6.07) is 14.5. The largest absolute Gasteiger partial charge is 0.416 e. The average Bonchev–Trinajstić information content (AvgIpc) is 3.00. The maximum Gasteiger partial charge on any atom is 0.416 e. The SMILES string of the molecule is Cl.FC(F)(F)c1cccc(/N=C2\NCCN2OCc2ccccc2)c1. The van der Waals surface area contributed by atoms with E-state index >= 15 is 0 Å². The number of guanidine groups is 1. The Morgan fingerprint density at radius 1 is 1.08 bits per heavy atom. The molecule has 1 heterocycles. The lowest BCUT2D eigenvalue weighted by Crippen LogP contribution is -2.30. The molecule has 2 aromatic carbocycles. The van der Waals surface area contributed by atoms with Crippen molar-refractivity contribution in [2.75, 3.05) is 13.1 Å². The van der Waals surface area contributed by atoms with Gasteiger partial charge in [-0.25, -0.2) is 10.1 Å². The predicted octanol–water partition coefficient (Wildman–Crippen LogP) is 4.15. The van der Waals surface area contributed by atoms with Crippen molar-refractivity contribution in [2.45, 2.75) is 12.8 Å². The second-order valence-corrected chi connectivity index (χ2v) is 5.27. The molecule has 0 bridgehead atoms. The van der Waals surface area contributed by atoms with Crippen LogP contribution in [0.25, 0.3) is 0 Å². The minimum atomic E-state index is -4.39. The van der Waals surface area contributed by atoms with E-state index in [0.29, 0.717) is 25.7 Å². The molecule has 0 saturated carbocycles.